The van der Waals surface area contributed by atoms with E-state index in [9.17, 15) is 4.79 Å². The number of nitrogens with zero attached hydrogens (tertiary/aromatic N) is 4. The minimum atomic E-state index is -0.0697. The van der Waals surface area contributed by atoms with Crippen LogP contribution in [0.3, 0.4) is 0 Å². The molecule has 0 N–H and O–H groups in total. The summed E-state index contributed by atoms with van der Waals surface area (Å²) in [4.78, 5) is 26.3. The van der Waals surface area contributed by atoms with Gasteiger partial charge >= 0.3 is 0 Å². The molecular weight excluding hydrogens is 324 g/mol. The average molecular weight is 352 g/mol. The van der Waals surface area contributed by atoms with Crippen molar-refractivity contribution >= 4 is 17.4 Å². The molecule has 1 saturated heterocycles. The zero-order valence-electron chi connectivity index (χ0n) is 16.0. The van der Waals surface area contributed by atoms with Crippen LogP contribution >= 0.6 is 0 Å². The van der Waals surface area contributed by atoms with Gasteiger partial charge in [-0.1, -0.05) is 25.0 Å². The van der Waals surface area contributed by atoms with Crippen molar-refractivity contribution in [1.82, 2.24) is 9.97 Å². The number of aromatic nitrogens is 2. The van der Waals surface area contributed by atoms with Gasteiger partial charge < -0.3 is 9.80 Å². The third kappa shape index (κ3) is 4.21. The molecule has 0 radical (unpaired) electrons. The van der Waals surface area contributed by atoms with E-state index in [1.807, 2.05) is 51.1 Å². The van der Waals surface area contributed by atoms with Gasteiger partial charge in [0.1, 0.15) is 17.3 Å². The van der Waals surface area contributed by atoms with Crippen molar-refractivity contribution in [1.29, 1.82) is 0 Å². The molecule has 5 nitrogen and oxygen atoms in total. The van der Waals surface area contributed by atoms with Crippen molar-refractivity contribution in [2.24, 2.45) is 0 Å². The van der Waals surface area contributed by atoms with Crippen LogP contribution in [0.25, 0.3) is 0 Å². The number of aryl methyl sites for hydroxylation is 2. The molecule has 1 aromatic carbocycles. The first-order valence-electron chi connectivity index (χ1n) is 9.57. The topological polar surface area (TPSA) is 49.3 Å². The van der Waals surface area contributed by atoms with Crippen LogP contribution in [0.5, 0.6) is 0 Å². The zero-order valence-corrected chi connectivity index (χ0v) is 16.0. The summed E-state index contributed by atoms with van der Waals surface area (Å²) in [5, 5.41) is 0. The monoisotopic (exact) mass is 352 g/mol. The normalized spacial score (nSPS) is 14.8. The highest BCUT2D eigenvalue weighted by atomic mass is 16.2. The van der Waals surface area contributed by atoms with Crippen molar-refractivity contribution in [3.05, 3.63) is 47.4 Å². The average Bonchev–Trinajstić information content (AvgIpc) is 2.91. The van der Waals surface area contributed by atoms with Gasteiger partial charge in [0.05, 0.1) is 0 Å². The predicted octanol–water partition coefficient (Wildman–Crippen LogP) is 4.14. The summed E-state index contributed by atoms with van der Waals surface area (Å²) < 4.78 is 0. The molecule has 138 valence electrons. The van der Waals surface area contributed by atoms with E-state index in [-0.39, 0.29) is 5.91 Å². The van der Waals surface area contributed by atoms with Crippen molar-refractivity contribution in [3.63, 3.8) is 0 Å². The second kappa shape index (κ2) is 8.30. The fraction of sp³-hybridized carbons (Fsp3) is 0.476. The number of amides is 1. The molecule has 5 heteroatoms. The van der Waals surface area contributed by atoms with E-state index in [0.29, 0.717) is 18.1 Å². The Balaban J connectivity index is 1.90. The third-order valence-corrected chi connectivity index (χ3v) is 4.85. The number of carbonyl (C=O) groups excluding carboxylic acids is 1. The fourth-order valence-electron chi connectivity index (χ4n) is 3.50. The minimum absolute atomic E-state index is 0.0697. The van der Waals surface area contributed by atoms with Crippen LogP contribution in [0, 0.1) is 13.8 Å². The second-order valence-electron chi connectivity index (χ2n) is 6.95. The molecule has 1 aliphatic heterocycles. The summed E-state index contributed by atoms with van der Waals surface area (Å²) in [5.41, 5.74) is 2.52. The van der Waals surface area contributed by atoms with Crippen LogP contribution in [0.4, 0.5) is 11.5 Å². The van der Waals surface area contributed by atoms with E-state index in [1.165, 1.54) is 25.7 Å². The molecular formula is C21H28N4O. The first kappa shape index (κ1) is 18.4. The van der Waals surface area contributed by atoms with E-state index >= 15 is 0 Å². The van der Waals surface area contributed by atoms with Crippen LogP contribution in [0.2, 0.25) is 0 Å². The second-order valence-corrected chi connectivity index (χ2v) is 6.95. The molecule has 1 amide bonds. The summed E-state index contributed by atoms with van der Waals surface area (Å²) in [5.74, 6) is 1.46. The summed E-state index contributed by atoms with van der Waals surface area (Å²) in [6.07, 6.45) is 4.89. The molecule has 0 spiro atoms. The molecule has 1 fully saturated rings. The maximum atomic E-state index is 13.2. The summed E-state index contributed by atoms with van der Waals surface area (Å²) >= 11 is 0. The Morgan fingerprint density at radius 2 is 1.81 bits per heavy atom. The smallest absolute Gasteiger partial charge is 0.277 e. The SMILES string of the molecule is CCN(C(=O)c1cc(N2CCCCCC2)nc(C)n1)c1cccc(C)c1. The summed E-state index contributed by atoms with van der Waals surface area (Å²) in [7, 11) is 0. The van der Waals surface area contributed by atoms with E-state index in [2.05, 4.69) is 14.9 Å². The third-order valence-electron chi connectivity index (χ3n) is 4.85. The van der Waals surface area contributed by atoms with Gasteiger partial charge in [0.25, 0.3) is 5.91 Å². The molecule has 0 saturated carbocycles. The lowest BCUT2D eigenvalue weighted by Crippen LogP contribution is -2.32. The molecule has 0 unspecified atom stereocenters. The first-order chi connectivity index (χ1) is 12.6. The van der Waals surface area contributed by atoms with E-state index in [0.717, 1.165) is 30.2 Å². The Hall–Kier alpha value is -2.43. The maximum absolute atomic E-state index is 13.2. The molecule has 1 aromatic heterocycles. The standard InChI is InChI=1S/C21H28N4O/c1-4-25(18-11-9-10-16(2)14-18)21(26)19-15-20(23-17(3)22-19)24-12-7-5-6-8-13-24/h9-11,14-15H,4-8,12-13H2,1-3H3. The van der Waals surface area contributed by atoms with Gasteiger partial charge in [-0.05, 0) is 51.3 Å². The summed E-state index contributed by atoms with van der Waals surface area (Å²) in [6, 6.07) is 9.88. The number of rotatable bonds is 4. The highest BCUT2D eigenvalue weighted by molar-refractivity contribution is 6.05. The van der Waals surface area contributed by atoms with Crippen molar-refractivity contribution in [3.8, 4) is 0 Å². The van der Waals surface area contributed by atoms with Gasteiger partial charge in [-0.15, -0.1) is 0 Å². The lowest BCUT2D eigenvalue weighted by atomic mass is 10.2. The molecule has 0 bridgehead atoms. The van der Waals surface area contributed by atoms with Crippen LogP contribution < -0.4 is 9.80 Å². The largest absolute Gasteiger partial charge is 0.356 e. The Morgan fingerprint density at radius 1 is 1.08 bits per heavy atom. The Bertz CT molecular complexity index is 766. The van der Waals surface area contributed by atoms with Crippen LogP contribution in [0.15, 0.2) is 30.3 Å². The molecule has 0 aliphatic carbocycles. The maximum Gasteiger partial charge on any atom is 0.277 e. The highest BCUT2D eigenvalue weighted by Gasteiger charge is 2.21. The number of carbonyl (C=O) groups is 1. The van der Waals surface area contributed by atoms with Crippen LogP contribution in [-0.4, -0.2) is 35.5 Å². The minimum Gasteiger partial charge on any atom is -0.356 e. The van der Waals surface area contributed by atoms with Gasteiger partial charge in [0, 0.05) is 31.4 Å². The Labute approximate surface area is 156 Å². The first-order valence-corrected chi connectivity index (χ1v) is 9.57. The number of hydrogen-bond acceptors (Lipinski definition) is 4. The Kier molecular flexibility index (Phi) is 5.86. The molecule has 2 aromatic rings. The van der Waals surface area contributed by atoms with Gasteiger partial charge in [0.15, 0.2) is 0 Å². The Morgan fingerprint density at radius 3 is 2.46 bits per heavy atom. The van der Waals surface area contributed by atoms with Gasteiger partial charge in [-0.3, -0.25) is 4.79 Å². The van der Waals surface area contributed by atoms with Crippen molar-refractivity contribution < 1.29 is 4.79 Å². The lowest BCUT2D eigenvalue weighted by molar-refractivity contribution is 0.0983. The van der Waals surface area contributed by atoms with Gasteiger partial charge in [-0.25, -0.2) is 9.97 Å². The predicted molar refractivity (Wildman–Crippen MR) is 106 cm³/mol. The van der Waals surface area contributed by atoms with Crippen molar-refractivity contribution in [2.75, 3.05) is 29.4 Å². The zero-order chi connectivity index (χ0) is 18.5. The van der Waals surface area contributed by atoms with E-state index in [4.69, 9.17) is 0 Å². The molecule has 26 heavy (non-hydrogen) atoms. The highest BCUT2D eigenvalue weighted by Crippen LogP contribution is 2.22. The molecule has 2 heterocycles. The van der Waals surface area contributed by atoms with Gasteiger partial charge in [0.2, 0.25) is 0 Å². The molecule has 1 aliphatic rings. The van der Waals surface area contributed by atoms with E-state index < -0.39 is 0 Å². The quantitative estimate of drug-likeness (QED) is 0.830. The number of hydrogen-bond donors (Lipinski definition) is 0. The number of anilines is 2. The fourth-order valence-corrected chi connectivity index (χ4v) is 3.50. The van der Waals surface area contributed by atoms with Crippen LogP contribution in [0.1, 0.15) is 54.5 Å². The summed E-state index contributed by atoms with van der Waals surface area (Å²) in [6.45, 7) is 8.49. The van der Waals surface area contributed by atoms with E-state index in [1.54, 1.807) is 4.90 Å². The molecule has 0 atom stereocenters. The van der Waals surface area contributed by atoms with Crippen LogP contribution in [-0.2, 0) is 0 Å². The van der Waals surface area contributed by atoms with Gasteiger partial charge in [-0.2, -0.15) is 0 Å². The van der Waals surface area contributed by atoms with Crippen molar-refractivity contribution in [2.45, 2.75) is 46.5 Å². The molecule has 3 rings (SSSR count). The lowest BCUT2D eigenvalue weighted by Gasteiger charge is -2.24. The number of benzene rings is 1.